The third-order valence-corrected chi connectivity index (χ3v) is 6.36. The van der Waals surface area contributed by atoms with Crippen molar-refractivity contribution >= 4 is 5.69 Å². The highest BCUT2D eigenvalue weighted by Crippen LogP contribution is 2.54. The van der Waals surface area contributed by atoms with Crippen LogP contribution in [0.2, 0.25) is 0 Å². The van der Waals surface area contributed by atoms with Gasteiger partial charge in [0.25, 0.3) is 5.56 Å². The van der Waals surface area contributed by atoms with Gasteiger partial charge in [-0.2, -0.15) is 5.21 Å². The van der Waals surface area contributed by atoms with Crippen LogP contribution in [0, 0.1) is 29.5 Å². The van der Waals surface area contributed by atoms with Crippen molar-refractivity contribution < 1.29 is 4.39 Å². The van der Waals surface area contributed by atoms with Gasteiger partial charge in [0, 0.05) is 31.9 Å². The molecule has 0 radical (unpaired) electrons. The number of nitrogens with zero attached hydrogens (tertiary/aromatic N) is 5. The lowest BCUT2D eigenvalue weighted by Gasteiger charge is -2.25. The highest BCUT2D eigenvalue weighted by molar-refractivity contribution is 5.76. The Labute approximate surface area is 173 Å². The van der Waals surface area contributed by atoms with Crippen molar-refractivity contribution in [1.29, 1.82) is 0 Å². The van der Waals surface area contributed by atoms with Gasteiger partial charge in [-0.05, 0) is 59.1 Å². The van der Waals surface area contributed by atoms with Crippen LogP contribution in [0.1, 0.15) is 19.4 Å². The first kappa shape index (κ1) is 19.0. The Morgan fingerprint density at radius 2 is 2.03 bits per heavy atom. The van der Waals surface area contributed by atoms with Crippen molar-refractivity contribution in [3.05, 3.63) is 58.3 Å². The maximum absolute atomic E-state index is 15.1. The summed E-state index contributed by atoms with van der Waals surface area (Å²) in [5.41, 5.74) is 2.28. The first-order valence-electron chi connectivity index (χ1n) is 10.5. The van der Waals surface area contributed by atoms with Crippen LogP contribution in [0.5, 0.6) is 0 Å². The van der Waals surface area contributed by atoms with Crippen LogP contribution < -0.4 is 10.5 Å². The molecule has 7 nitrogen and oxygen atoms in total. The van der Waals surface area contributed by atoms with Gasteiger partial charge >= 0.3 is 0 Å². The van der Waals surface area contributed by atoms with Crippen LogP contribution >= 0.6 is 0 Å². The van der Waals surface area contributed by atoms with Gasteiger partial charge < -0.3 is 9.47 Å². The van der Waals surface area contributed by atoms with E-state index in [2.05, 4.69) is 45.4 Å². The molecule has 1 N–H and O–H groups in total. The molecule has 3 atom stereocenters. The third-order valence-electron chi connectivity index (χ3n) is 6.36. The second-order valence-electron chi connectivity index (χ2n) is 8.89. The first-order valence-corrected chi connectivity index (χ1v) is 10.5. The standard InChI is InChI=1S/C22H25FN6O/c1-13(2)7-14-8-18(23)21(22-24-26-27-25-22)19(9-14)29-11-16-15(17(16)12-29)10-28-6-4-3-5-20(28)30/h3-6,8-9,13,15-17H,7,10-12H2,1-2H3,(H,24,25,26,27)/t15?,16-,17+. The van der Waals surface area contributed by atoms with Gasteiger partial charge in [-0.25, -0.2) is 4.39 Å². The molecule has 2 aliphatic rings. The molecule has 1 saturated carbocycles. The summed E-state index contributed by atoms with van der Waals surface area (Å²) < 4.78 is 16.9. The lowest BCUT2D eigenvalue weighted by Crippen LogP contribution is -2.27. The number of anilines is 1. The van der Waals surface area contributed by atoms with Crippen molar-refractivity contribution in [2.24, 2.45) is 23.7 Å². The maximum Gasteiger partial charge on any atom is 0.250 e. The van der Waals surface area contributed by atoms with E-state index in [9.17, 15) is 4.79 Å². The summed E-state index contributed by atoms with van der Waals surface area (Å²) in [6.07, 6.45) is 2.67. The summed E-state index contributed by atoms with van der Waals surface area (Å²) in [4.78, 5) is 14.3. The van der Waals surface area contributed by atoms with Crippen LogP contribution in [0.15, 0.2) is 41.3 Å². The number of pyridine rings is 1. The molecule has 0 spiro atoms. The van der Waals surface area contributed by atoms with Gasteiger partial charge in [-0.15, -0.1) is 10.2 Å². The molecule has 0 amide bonds. The molecule has 30 heavy (non-hydrogen) atoms. The van der Waals surface area contributed by atoms with E-state index in [-0.39, 0.29) is 17.2 Å². The highest BCUT2D eigenvalue weighted by Gasteiger charge is 2.55. The van der Waals surface area contributed by atoms with E-state index in [1.165, 1.54) is 0 Å². The fourth-order valence-electron chi connectivity index (χ4n) is 4.93. The number of aromatic amines is 1. The van der Waals surface area contributed by atoms with Crippen LogP contribution in [-0.4, -0.2) is 38.3 Å². The van der Waals surface area contributed by atoms with Crippen molar-refractivity contribution in [1.82, 2.24) is 25.2 Å². The Hall–Kier alpha value is -3.03. The SMILES string of the molecule is CC(C)Cc1cc(F)c(-c2nn[nH]n2)c(N2C[C@@H]3C(Cn4ccccc4=O)[C@@H]3C2)c1. The van der Waals surface area contributed by atoms with Gasteiger partial charge in [0.05, 0.1) is 11.3 Å². The number of tetrazole rings is 1. The number of hydrogen-bond donors (Lipinski definition) is 1. The molecule has 2 aromatic heterocycles. The van der Waals surface area contributed by atoms with Crippen LogP contribution in [0.4, 0.5) is 10.1 Å². The Kier molecular flexibility index (Phi) is 4.64. The Bertz CT molecular complexity index is 1100. The van der Waals surface area contributed by atoms with E-state index in [0.717, 1.165) is 37.3 Å². The molecule has 0 bridgehead atoms. The highest BCUT2D eigenvalue weighted by atomic mass is 19.1. The van der Waals surface area contributed by atoms with E-state index in [4.69, 9.17) is 0 Å². The molecule has 1 aliphatic heterocycles. The summed E-state index contributed by atoms with van der Waals surface area (Å²) in [5.74, 6) is 1.95. The van der Waals surface area contributed by atoms with Crippen molar-refractivity contribution in [3.63, 3.8) is 0 Å². The predicted octanol–water partition coefficient (Wildman–Crippen LogP) is 2.75. The van der Waals surface area contributed by atoms with Crippen molar-refractivity contribution in [3.8, 4) is 11.4 Å². The maximum atomic E-state index is 15.1. The average Bonchev–Trinajstić information content (AvgIpc) is 3.11. The Morgan fingerprint density at radius 3 is 2.70 bits per heavy atom. The number of benzene rings is 1. The monoisotopic (exact) mass is 408 g/mol. The Balaban J connectivity index is 1.39. The smallest absolute Gasteiger partial charge is 0.250 e. The summed E-state index contributed by atoms with van der Waals surface area (Å²) in [7, 11) is 0. The fraction of sp³-hybridized carbons (Fsp3) is 0.455. The number of H-pyrrole nitrogens is 1. The van der Waals surface area contributed by atoms with Crippen LogP contribution in [0.3, 0.4) is 0 Å². The van der Waals surface area contributed by atoms with E-state index >= 15 is 4.39 Å². The molecule has 1 aromatic carbocycles. The topological polar surface area (TPSA) is 79.7 Å². The van der Waals surface area contributed by atoms with Gasteiger partial charge in [0.1, 0.15) is 5.82 Å². The molecule has 2 fully saturated rings. The minimum atomic E-state index is -0.308. The minimum Gasteiger partial charge on any atom is -0.370 e. The van der Waals surface area contributed by atoms with Crippen molar-refractivity contribution in [2.45, 2.75) is 26.8 Å². The van der Waals surface area contributed by atoms with Gasteiger partial charge in [-0.3, -0.25) is 4.79 Å². The molecule has 1 unspecified atom stereocenters. The Morgan fingerprint density at radius 1 is 1.23 bits per heavy atom. The summed E-state index contributed by atoms with van der Waals surface area (Å²) >= 11 is 0. The first-order chi connectivity index (χ1) is 14.5. The number of piperidine rings is 1. The number of fused-ring (bicyclic) bond motifs is 1. The predicted molar refractivity (Wildman–Crippen MR) is 111 cm³/mol. The molecule has 3 aromatic rings. The number of rotatable bonds is 6. The van der Waals surface area contributed by atoms with Gasteiger partial charge in [0.15, 0.2) is 0 Å². The zero-order chi connectivity index (χ0) is 20.8. The number of halogens is 1. The van der Waals surface area contributed by atoms with E-state index in [1.54, 1.807) is 22.8 Å². The molecule has 8 heteroatoms. The number of aromatic nitrogens is 5. The summed E-state index contributed by atoms with van der Waals surface area (Å²) in [6.45, 7) is 6.72. The van der Waals surface area contributed by atoms with E-state index in [0.29, 0.717) is 29.2 Å². The van der Waals surface area contributed by atoms with Crippen LogP contribution in [-0.2, 0) is 13.0 Å². The lowest BCUT2D eigenvalue weighted by atomic mass is 9.99. The van der Waals surface area contributed by atoms with E-state index in [1.807, 2.05) is 12.3 Å². The average molecular weight is 408 g/mol. The molecule has 1 aliphatic carbocycles. The summed E-state index contributed by atoms with van der Waals surface area (Å²) in [6, 6.07) is 8.94. The molecule has 5 rings (SSSR count). The zero-order valence-corrected chi connectivity index (χ0v) is 17.1. The quantitative estimate of drug-likeness (QED) is 0.678. The second-order valence-corrected chi connectivity index (χ2v) is 8.89. The minimum absolute atomic E-state index is 0.0437. The largest absolute Gasteiger partial charge is 0.370 e. The van der Waals surface area contributed by atoms with Crippen molar-refractivity contribution in [2.75, 3.05) is 18.0 Å². The fourth-order valence-corrected chi connectivity index (χ4v) is 4.93. The van der Waals surface area contributed by atoms with Gasteiger partial charge in [-0.1, -0.05) is 19.9 Å². The zero-order valence-electron chi connectivity index (χ0n) is 17.1. The lowest BCUT2D eigenvalue weighted by molar-refractivity contribution is 0.525. The normalized spacial score (nSPS) is 22.5. The molecule has 3 heterocycles. The molecule has 156 valence electrons. The molecule has 1 saturated heterocycles. The van der Waals surface area contributed by atoms with E-state index < -0.39 is 0 Å². The number of hydrogen-bond acceptors (Lipinski definition) is 5. The third kappa shape index (κ3) is 3.40. The van der Waals surface area contributed by atoms with Crippen LogP contribution in [0.25, 0.3) is 11.4 Å². The second kappa shape index (κ2) is 7.34. The molecular weight excluding hydrogens is 383 g/mol. The number of nitrogens with one attached hydrogen (secondary N) is 1. The molecular formula is C22H25FN6O. The van der Waals surface area contributed by atoms with Gasteiger partial charge in [0.2, 0.25) is 5.82 Å². The summed E-state index contributed by atoms with van der Waals surface area (Å²) in [5, 5.41) is 14.1.